The van der Waals surface area contributed by atoms with Gasteiger partial charge in [-0.05, 0) is 19.9 Å². The molecular formula is C12H22N2O2. The molecule has 4 nitrogen and oxygen atoms in total. The van der Waals surface area contributed by atoms with Crippen molar-refractivity contribution < 1.29 is 9.53 Å². The van der Waals surface area contributed by atoms with Crippen molar-refractivity contribution >= 4 is 5.91 Å². The summed E-state index contributed by atoms with van der Waals surface area (Å²) in [6, 6.07) is 0.228. The van der Waals surface area contributed by atoms with Crippen LogP contribution in [0.25, 0.3) is 0 Å². The van der Waals surface area contributed by atoms with E-state index >= 15 is 0 Å². The Morgan fingerprint density at radius 1 is 1.50 bits per heavy atom. The number of carbonyl (C=O) groups is 1. The second-order valence-corrected chi connectivity index (χ2v) is 4.28. The number of hydrogen-bond donors (Lipinski definition) is 0. The van der Waals surface area contributed by atoms with E-state index in [1.54, 1.807) is 0 Å². The summed E-state index contributed by atoms with van der Waals surface area (Å²) >= 11 is 0. The minimum absolute atomic E-state index is 0.0169. The van der Waals surface area contributed by atoms with Crippen LogP contribution in [0.15, 0.2) is 12.7 Å². The van der Waals surface area contributed by atoms with Gasteiger partial charge in [0.05, 0.1) is 13.2 Å². The molecule has 0 N–H and O–H groups in total. The third kappa shape index (κ3) is 3.94. The van der Waals surface area contributed by atoms with Crippen molar-refractivity contribution in [1.29, 1.82) is 0 Å². The predicted molar refractivity (Wildman–Crippen MR) is 64.3 cm³/mol. The van der Waals surface area contributed by atoms with Gasteiger partial charge in [-0.3, -0.25) is 9.69 Å². The van der Waals surface area contributed by atoms with Gasteiger partial charge in [0.15, 0.2) is 0 Å². The minimum atomic E-state index is 0.0169. The fourth-order valence-corrected chi connectivity index (χ4v) is 1.81. The first kappa shape index (κ1) is 13.2. The molecule has 1 aliphatic rings. The van der Waals surface area contributed by atoms with Gasteiger partial charge in [-0.1, -0.05) is 6.58 Å². The average molecular weight is 226 g/mol. The van der Waals surface area contributed by atoms with E-state index < -0.39 is 0 Å². The summed E-state index contributed by atoms with van der Waals surface area (Å²) in [5.41, 5.74) is 0. The van der Waals surface area contributed by atoms with E-state index in [0.717, 1.165) is 39.4 Å². The highest BCUT2D eigenvalue weighted by atomic mass is 16.5. The largest absolute Gasteiger partial charge is 0.379 e. The number of rotatable bonds is 5. The van der Waals surface area contributed by atoms with Gasteiger partial charge in [-0.15, -0.1) is 0 Å². The number of ether oxygens (including phenoxy) is 1. The molecule has 1 amide bonds. The Balaban J connectivity index is 2.36. The maximum absolute atomic E-state index is 11.6. The Morgan fingerprint density at radius 2 is 2.12 bits per heavy atom. The first-order chi connectivity index (χ1) is 7.65. The number of hydrogen-bond acceptors (Lipinski definition) is 3. The van der Waals surface area contributed by atoms with Crippen LogP contribution in [0.5, 0.6) is 0 Å². The topological polar surface area (TPSA) is 32.8 Å². The quantitative estimate of drug-likeness (QED) is 0.648. The standard InChI is InChI=1S/C12H22N2O2/c1-4-12(15)14(11(2)3)6-5-13-7-9-16-10-8-13/h4,11H,1,5-10H2,2-3H3. The van der Waals surface area contributed by atoms with Gasteiger partial charge in [0.1, 0.15) is 0 Å². The summed E-state index contributed by atoms with van der Waals surface area (Å²) in [4.78, 5) is 15.8. The van der Waals surface area contributed by atoms with E-state index in [-0.39, 0.29) is 11.9 Å². The van der Waals surface area contributed by atoms with Gasteiger partial charge < -0.3 is 9.64 Å². The summed E-state index contributed by atoms with van der Waals surface area (Å²) in [6.45, 7) is 12.8. The Kier molecular flexibility index (Phi) is 5.49. The normalized spacial score (nSPS) is 17.4. The van der Waals surface area contributed by atoms with Crippen LogP contribution < -0.4 is 0 Å². The van der Waals surface area contributed by atoms with E-state index in [1.165, 1.54) is 6.08 Å². The molecule has 1 aliphatic heterocycles. The van der Waals surface area contributed by atoms with E-state index in [2.05, 4.69) is 11.5 Å². The molecule has 0 unspecified atom stereocenters. The third-order valence-corrected chi connectivity index (χ3v) is 2.84. The molecule has 0 spiro atoms. The second-order valence-electron chi connectivity index (χ2n) is 4.28. The van der Waals surface area contributed by atoms with Crippen LogP contribution in [0.3, 0.4) is 0 Å². The fraction of sp³-hybridized carbons (Fsp3) is 0.750. The number of carbonyl (C=O) groups excluding carboxylic acids is 1. The first-order valence-corrected chi connectivity index (χ1v) is 5.88. The zero-order valence-corrected chi connectivity index (χ0v) is 10.3. The zero-order valence-electron chi connectivity index (χ0n) is 10.3. The Labute approximate surface area is 97.9 Å². The molecule has 0 bridgehead atoms. The molecular weight excluding hydrogens is 204 g/mol. The lowest BCUT2D eigenvalue weighted by Crippen LogP contribution is -2.44. The highest BCUT2D eigenvalue weighted by Gasteiger charge is 2.16. The van der Waals surface area contributed by atoms with Crippen LogP contribution >= 0.6 is 0 Å². The summed E-state index contributed by atoms with van der Waals surface area (Å²) in [5.74, 6) is 0.0169. The highest BCUT2D eigenvalue weighted by molar-refractivity contribution is 5.87. The highest BCUT2D eigenvalue weighted by Crippen LogP contribution is 2.02. The first-order valence-electron chi connectivity index (χ1n) is 5.88. The lowest BCUT2D eigenvalue weighted by Gasteiger charge is -2.31. The molecule has 0 atom stereocenters. The Morgan fingerprint density at radius 3 is 2.62 bits per heavy atom. The lowest BCUT2D eigenvalue weighted by atomic mass is 10.3. The maximum atomic E-state index is 11.6. The number of amides is 1. The van der Waals surface area contributed by atoms with Gasteiger partial charge >= 0.3 is 0 Å². The van der Waals surface area contributed by atoms with Gasteiger partial charge in [-0.25, -0.2) is 0 Å². The molecule has 0 aromatic carbocycles. The van der Waals surface area contributed by atoms with E-state index in [9.17, 15) is 4.79 Å². The molecule has 1 rings (SSSR count). The number of nitrogens with zero attached hydrogens (tertiary/aromatic N) is 2. The summed E-state index contributed by atoms with van der Waals surface area (Å²) in [6.07, 6.45) is 1.39. The van der Waals surface area contributed by atoms with Gasteiger partial charge in [0.25, 0.3) is 0 Å². The monoisotopic (exact) mass is 226 g/mol. The van der Waals surface area contributed by atoms with Crippen molar-refractivity contribution in [2.45, 2.75) is 19.9 Å². The Hall–Kier alpha value is -0.870. The molecule has 0 aromatic heterocycles. The SMILES string of the molecule is C=CC(=O)N(CCN1CCOCC1)C(C)C. The molecule has 0 radical (unpaired) electrons. The van der Waals surface area contributed by atoms with E-state index in [0.29, 0.717) is 0 Å². The van der Waals surface area contributed by atoms with Crippen LogP contribution in [-0.4, -0.2) is 61.1 Å². The molecule has 16 heavy (non-hydrogen) atoms. The molecule has 4 heteroatoms. The van der Waals surface area contributed by atoms with Gasteiger partial charge in [0, 0.05) is 32.2 Å². The average Bonchev–Trinajstić information content (AvgIpc) is 2.30. The Bertz CT molecular complexity index is 235. The van der Waals surface area contributed by atoms with E-state index in [1.807, 2.05) is 18.7 Å². The third-order valence-electron chi connectivity index (χ3n) is 2.84. The molecule has 92 valence electrons. The van der Waals surface area contributed by atoms with Crippen LogP contribution in [-0.2, 0) is 9.53 Å². The second kappa shape index (κ2) is 6.66. The van der Waals surface area contributed by atoms with Gasteiger partial charge in [-0.2, -0.15) is 0 Å². The molecule has 1 saturated heterocycles. The van der Waals surface area contributed by atoms with Crippen LogP contribution in [0.1, 0.15) is 13.8 Å². The van der Waals surface area contributed by atoms with Crippen molar-refractivity contribution in [3.05, 3.63) is 12.7 Å². The molecule has 1 heterocycles. The van der Waals surface area contributed by atoms with Gasteiger partial charge in [0.2, 0.25) is 5.91 Å². The summed E-state index contributed by atoms with van der Waals surface area (Å²) in [7, 11) is 0. The molecule has 0 aliphatic carbocycles. The predicted octanol–water partition coefficient (Wildman–Crippen LogP) is 0.742. The van der Waals surface area contributed by atoms with Crippen LogP contribution in [0.4, 0.5) is 0 Å². The van der Waals surface area contributed by atoms with E-state index in [4.69, 9.17) is 4.74 Å². The smallest absolute Gasteiger partial charge is 0.246 e. The summed E-state index contributed by atoms with van der Waals surface area (Å²) < 4.78 is 5.28. The molecule has 1 fully saturated rings. The van der Waals surface area contributed by atoms with Crippen molar-refractivity contribution in [3.63, 3.8) is 0 Å². The van der Waals surface area contributed by atoms with Crippen molar-refractivity contribution in [3.8, 4) is 0 Å². The number of morpholine rings is 1. The molecule has 0 aromatic rings. The zero-order chi connectivity index (χ0) is 12.0. The minimum Gasteiger partial charge on any atom is -0.379 e. The van der Waals surface area contributed by atoms with Crippen LogP contribution in [0.2, 0.25) is 0 Å². The molecule has 0 saturated carbocycles. The van der Waals surface area contributed by atoms with Crippen molar-refractivity contribution in [2.75, 3.05) is 39.4 Å². The summed E-state index contributed by atoms with van der Waals surface area (Å²) in [5, 5.41) is 0. The van der Waals surface area contributed by atoms with Crippen molar-refractivity contribution in [1.82, 2.24) is 9.80 Å². The fourth-order valence-electron chi connectivity index (χ4n) is 1.81. The van der Waals surface area contributed by atoms with Crippen molar-refractivity contribution in [2.24, 2.45) is 0 Å². The van der Waals surface area contributed by atoms with Crippen LogP contribution in [0, 0.1) is 0 Å². The lowest BCUT2D eigenvalue weighted by molar-refractivity contribution is -0.128. The maximum Gasteiger partial charge on any atom is 0.246 e.